The number of aromatic nitrogens is 2. The average Bonchev–Trinajstić information content (AvgIpc) is 3.00. The first-order valence-corrected chi connectivity index (χ1v) is 6.28. The molecule has 1 N–H and O–H groups in total. The number of imidazole rings is 1. The Morgan fingerprint density at radius 2 is 2.17 bits per heavy atom. The number of ether oxygens (including phenoxy) is 1. The fourth-order valence-electron chi connectivity index (χ4n) is 2.28. The molecule has 1 unspecified atom stereocenters. The zero-order valence-corrected chi connectivity index (χ0v) is 10.5. The monoisotopic (exact) mass is 243 g/mol. The first-order valence-electron chi connectivity index (χ1n) is 6.28. The molecule has 1 aliphatic heterocycles. The molecule has 0 radical (unpaired) electrons. The van der Waals surface area contributed by atoms with Crippen LogP contribution < -0.4 is 5.32 Å². The van der Waals surface area contributed by atoms with Gasteiger partial charge in [-0.25, -0.2) is 4.98 Å². The molecule has 0 aliphatic carbocycles. The summed E-state index contributed by atoms with van der Waals surface area (Å²) >= 11 is 0. The van der Waals surface area contributed by atoms with Gasteiger partial charge < -0.3 is 14.6 Å². The first kappa shape index (κ1) is 11.3. The minimum Gasteiger partial charge on any atom is -0.379 e. The molecule has 0 saturated carbocycles. The maximum atomic E-state index is 5.45. The van der Waals surface area contributed by atoms with E-state index in [9.17, 15) is 0 Å². The van der Waals surface area contributed by atoms with Crippen molar-refractivity contribution in [2.75, 3.05) is 18.5 Å². The Bertz CT molecular complexity index is 515. The molecule has 1 atom stereocenters. The van der Waals surface area contributed by atoms with E-state index >= 15 is 0 Å². The molecule has 4 nitrogen and oxygen atoms in total. The smallest absolute Gasteiger partial charge is 0.207 e. The van der Waals surface area contributed by atoms with Gasteiger partial charge in [0.1, 0.15) is 0 Å². The number of hydrogen-bond donors (Lipinski definition) is 1. The third kappa shape index (κ3) is 2.24. The van der Waals surface area contributed by atoms with Gasteiger partial charge in [0, 0.05) is 18.5 Å². The van der Waals surface area contributed by atoms with Crippen LogP contribution in [-0.2, 0) is 4.74 Å². The van der Waals surface area contributed by atoms with Gasteiger partial charge in [0.15, 0.2) is 0 Å². The Balaban J connectivity index is 1.87. The predicted molar refractivity (Wildman–Crippen MR) is 71.2 cm³/mol. The number of aryl methyl sites for hydroxylation is 1. The largest absolute Gasteiger partial charge is 0.379 e. The van der Waals surface area contributed by atoms with Gasteiger partial charge in [-0.2, -0.15) is 0 Å². The highest BCUT2D eigenvalue weighted by atomic mass is 16.5. The summed E-state index contributed by atoms with van der Waals surface area (Å²) in [6.45, 7) is 3.63. The van der Waals surface area contributed by atoms with E-state index in [-0.39, 0.29) is 0 Å². The number of anilines is 2. The van der Waals surface area contributed by atoms with Crippen LogP contribution in [0.4, 0.5) is 11.6 Å². The second kappa shape index (κ2) is 4.82. The number of rotatable bonds is 3. The normalized spacial score (nSPS) is 19.1. The third-order valence-electron chi connectivity index (χ3n) is 3.18. The highest BCUT2D eigenvalue weighted by molar-refractivity contribution is 5.53. The zero-order valence-electron chi connectivity index (χ0n) is 10.5. The molecule has 1 saturated heterocycles. The number of benzene rings is 1. The lowest BCUT2D eigenvalue weighted by atomic mass is 10.2. The molecule has 1 aromatic carbocycles. The van der Waals surface area contributed by atoms with Crippen molar-refractivity contribution < 1.29 is 4.74 Å². The molecule has 0 bridgehead atoms. The summed E-state index contributed by atoms with van der Waals surface area (Å²) in [5.41, 5.74) is 2.09. The summed E-state index contributed by atoms with van der Waals surface area (Å²) in [5.74, 6) is 0.897. The highest BCUT2D eigenvalue weighted by Gasteiger charge is 2.20. The molecular formula is C14H17N3O. The van der Waals surface area contributed by atoms with Gasteiger partial charge in [-0.3, -0.25) is 0 Å². The molecule has 2 heterocycles. The van der Waals surface area contributed by atoms with Crippen molar-refractivity contribution in [1.82, 2.24) is 9.55 Å². The number of nitrogens with one attached hydrogen (secondary N) is 1. The Kier molecular flexibility index (Phi) is 3.02. The van der Waals surface area contributed by atoms with E-state index in [1.54, 1.807) is 0 Å². The lowest BCUT2D eigenvalue weighted by Gasteiger charge is -2.14. The molecule has 0 spiro atoms. The molecule has 3 rings (SSSR count). The van der Waals surface area contributed by atoms with Crippen LogP contribution in [0.25, 0.3) is 0 Å². The molecule has 94 valence electrons. The number of para-hydroxylation sites is 1. The molecule has 1 fully saturated rings. The standard InChI is InChI=1S/C14H17N3O/c1-11-9-17(13-7-8-18-10-13)14(15-11)16-12-5-3-2-4-6-12/h2-6,9,13H,7-8,10H2,1H3,(H,15,16). The van der Waals surface area contributed by atoms with Crippen LogP contribution in [0.15, 0.2) is 36.5 Å². The van der Waals surface area contributed by atoms with Gasteiger partial charge in [-0.15, -0.1) is 0 Å². The summed E-state index contributed by atoms with van der Waals surface area (Å²) in [6.07, 6.45) is 3.14. The average molecular weight is 243 g/mol. The molecule has 18 heavy (non-hydrogen) atoms. The van der Waals surface area contributed by atoms with Crippen molar-refractivity contribution >= 4 is 11.6 Å². The van der Waals surface area contributed by atoms with Crippen LogP contribution in [0.2, 0.25) is 0 Å². The van der Waals surface area contributed by atoms with Crippen LogP contribution >= 0.6 is 0 Å². The number of hydrogen-bond acceptors (Lipinski definition) is 3. The van der Waals surface area contributed by atoms with Crippen molar-refractivity contribution in [2.45, 2.75) is 19.4 Å². The van der Waals surface area contributed by atoms with Crippen molar-refractivity contribution in [1.29, 1.82) is 0 Å². The number of nitrogens with zero attached hydrogens (tertiary/aromatic N) is 2. The van der Waals surface area contributed by atoms with E-state index in [1.165, 1.54) is 0 Å². The Labute approximate surface area is 107 Å². The minimum atomic E-state index is 0.400. The van der Waals surface area contributed by atoms with Crippen molar-refractivity contribution in [3.63, 3.8) is 0 Å². The summed E-state index contributed by atoms with van der Waals surface area (Å²) in [6, 6.07) is 10.5. The summed E-state index contributed by atoms with van der Waals surface area (Å²) in [4.78, 5) is 4.55. The van der Waals surface area contributed by atoms with Gasteiger partial charge in [0.25, 0.3) is 0 Å². The molecule has 4 heteroatoms. The molecular weight excluding hydrogens is 226 g/mol. The molecule has 1 aliphatic rings. The maximum Gasteiger partial charge on any atom is 0.207 e. The SMILES string of the molecule is Cc1cn(C2CCOC2)c(Nc2ccccc2)n1. The highest BCUT2D eigenvalue weighted by Crippen LogP contribution is 2.25. The zero-order chi connectivity index (χ0) is 12.4. The fraction of sp³-hybridized carbons (Fsp3) is 0.357. The van der Waals surface area contributed by atoms with Crippen LogP contribution in [0.3, 0.4) is 0 Å². The summed E-state index contributed by atoms with van der Waals surface area (Å²) in [5, 5.41) is 3.37. The molecule has 2 aromatic rings. The van der Waals surface area contributed by atoms with Crippen molar-refractivity contribution in [3.05, 3.63) is 42.2 Å². The second-order valence-corrected chi connectivity index (χ2v) is 4.62. The van der Waals surface area contributed by atoms with E-state index in [4.69, 9.17) is 4.74 Å². The van der Waals surface area contributed by atoms with E-state index in [2.05, 4.69) is 21.1 Å². The van der Waals surface area contributed by atoms with Gasteiger partial charge in [-0.1, -0.05) is 18.2 Å². The summed E-state index contributed by atoms with van der Waals surface area (Å²) in [7, 11) is 0. The van der Waals surface area contributed by atoms with E-state index in [1.807, 2.05) is 37.3 Å². The van der Waals surface area contributed by atoms with E-state index in [0.717, 1.165) is 37.0 Å². The van der Waals surface area contributed by atoms with Gasteiger partial charge >= 0.3 is 0 Å². The maximum absolute atomic E-state index is 5.45. The van der Waals surface area contributed by atoms with E-state index in [0.29, 0.717) is 6.04 Å². The van der Waals surface area contributed by atoms with E-state index < -0.39 is 0 Å². The summed E-state index contributed by atoms with van der Waals surface area (Å²) < 4.78 is 7.64. The quantitative estimate of drug-likeness (QED) is 0.901. The van der Waals surface area contributed by atoms with Gasteiger partial charge in [0.05, 0.1) is 18.3 Å². The Morgan fingerprint density at radius 3 is 2.89 bits per heavy atom. The first-order chi connectivity index (χ1) is 8.83. The minimum absolute atomic E-state index is 0.400. The second-order valence-electron chi connectivity index (χ2n) is 4.62. The molecule has 0 amide bonds. The van der Waals surface area contributed by atoms with Gasteiger partial charge in [-0.05, 0) is 25.5 Å². The van der Waals surface area contributed by atoms with Crippen molar-refractivity contribution in [3.8, 4) is 0 Å². The van der Waals surface area contributed by atoms with Crippen LogP contribution in [0, 0.1) is 6.92 Å². The van der Waals surface area contributed by atoms with Crippen LogP contribution in [-0.4, -0.2) is 22.8 Å². The Hall–Kier alpha value is -1.81. The van der Waals surface area contributed by atoms with Crippen LogP contribution in [0.1, 0.15) is 18.2 Å². The lowest BCUT2D eigenvalue weighted by molar-refractivity contribution is 0.187. The molecule has 1 aromatic heterocycles. The predicted octanol–water partition coefficient (Wildman–Crippen LogP) is 2.90. The van der Waals surface area contributed by atoms with Gasteiger partial charge in [0.2, 0.25) is 5.95 Å². The lowest BCUT2D eigenvalue weighted by Crippen LogP contribution is -2.10. The fourth-order valence-corrected chi connectivity index (χ4v) is 2.28. The van der Waals surface area contributed by atoms with Crippen LogP contribution in [0.5, 0.6) is 0 Å². The Morgan fingerprint density at radius 1 is 1.33 bits per heavy atom. The van der Waals surface area contributed by atoms with Crippen molar-refractivity contribution in [2.24, 2.45) is 0 Å². The third-order valence-corrected chi connectivity index (χ3v) is 3.18. The topological polar surface area (TPSA) is 39.1 Å².